The first-order chi connectivity index (χ1) is 15.5. The standard InChI is InChI=1S/C23H25N5O3S/c1-3-6-21-24-25-23-19-8-5-4-7-18(19)22(26-28(21)23)17-10-9-16(2)20(15-17)32(29,30)27-11-13-31-14-12-27/h4-5,7-10,15H,3,6,11-14H2,1-2H3. The molecule has 0 bridgehead atoms. The van der Waals surface area contributed by atoms with Gasteiger partial charge in [-0.05, 0) is 25.0 Å². The smallest absolute Gasteiger partial charge is 0.243 e. The lowest BCUT2D eigenvalue weighted by atomic mass is 10.0. The van der Waals surface area contributed by atoms with E-state index >= 15 is 0 Å². The molecular weight excluding hydrogens is 426 g/mol. The van der Waals surface area contributed by atoms with Crippen molar-refractivity contribution in [2.75, 3.05) is 26.3 Å². The minimum absolute atomic E-state index is 0.306. The molecule has 3 heterocycles. The molecule has 9 heteroatoms. The number of aromatic nitrogens is 4. The minimum atomic E-state index is -3.63. The highest BCUT2D eigenvalue weighted by Gasteiger charge is 2.28. The molecule has 1 aliphatic rings. The maximum absolute atomic E-state index is 13.4. The van der Waals surface area contributed by atoms with Crippen molar-refractivity contribution in [3.05, 3.63) is 53.9 Å². The van der Waals surface area contributed by atoms with E-state index in [1.165, 1.54) is 4.31 Å². The van der Waals surface area contributed by atoms with Gasteiger partial charge in [0.15, 0.2) is 11.5 Å². The second kappa shape index (κ2) is 8.23. The Morgan fingerprint density at radius 1 is 1.03 bits per heavy atom. The number of hydrogen-bond acceptors (Lipinski definition) is 6. The summed E-state index contributed by atoms with van der Waals surface area (Å²) in [5.41, 5.74) is 2.88. The van der Waals surface area contributed by atoms with Crippen LogP contribution >= 0.6 is 0 Å². The fourth-order valence-electron chi connectivity index (χ4n) is 4.17. The molecule has 166 valence electrons. The molecule has 0 saturated carbocycles. The normalized spacial score (nSPS) is 15.6. The van der Waals surface area contributed by atoms with Crippen LogP contribution in [0.2, 0.25) is 0 Å². The Kier molecular flexibility index (Phi) is 5.40. The van der Waals surface area contributed by atoms with Gasteiger partial charge in [0.25, 0.3) is 0 Å². The topological polar surface area (TPSA) is 89.7 Å². The van der Waals surface area contributed by atoms with Crippen LogP contribution in [0.15, 0.2) is 47.4 Å². The average Bonchev–Trinajstić information content (AvgIpc) is 3.22. The van der Waals surface area contributed by atoms with Crippen molar-refractivity contribution in [2.45, 2.75) is 31.6 Å². The maximum atomic E-state index is 13.4. The maximum Gasteiger partial charge on any atom is 0.243 e. The molecule has 32 heavy (non-hydrogen) atoms. The third kappa shape index (κ3) is 3.46. The minimum Gasteiger partial charge on any atom is -0.379 e. The van der Waals surface area contributed by atoms with Crippen molar-refractivity contribution < 1.29 is 13.2 Å². The van der Waals surface area contributed by atoms with Gasteiger partial charge in [0.1, 0.15) is 0 Å². The van der Waals surface area contributed by atoms with E-state index in [4.69, 9.17) is 9.84 Å². The molecule has 1 fully saturated rings. The Labute approximate surface area is 186 Å². The Balaban J connectivity index is 1.72. The van der Waals surface area contributed by atoms with Gasteiger partial charge in [0.05, 0.1) is 23.8 Å². The van der Waals surface area contributed by atoms with Gasteiger partial charge in [-0.1, -0.05) is 43.3 Å². The summed E-state index contributed by atoms with van der Waals surface area (Å²) in [5.74, 6) is 0.794. The lowest BCUT2D eigenvalue weighted by Crippen LogP contribution is -2.40. The molecular formula is C23H25N5O3S. The van der Waals surface area contributed by atoms with Crippen molar-refractivity contribution in [1.29, 1.82) is 0 Å². The van der Waals surface area contributed by atoms with Gasteiger partial charge in [0.2, 0.25) is 10.0 Å². The molecule has 4 aromatic rings. The number of hydrogen-bond donors (Lipinski definition) is 0. The van der Waals surface area contributed by atoms with Crippen LogP contribution in [0, 0.1) is 6.92 Å². The van der Waals surface area contributed by atoms with Gasteiger partial charge in [0, 0.05) is 35.8 Å². The zero-order valence-corrected chi connectivity index (χ0v) is 19.0. The van der Waals surface area contributed by atoms with Gasteiger partial charge in [-0.3, -0.25) is 0 Å². The number of morpholine rings is 1. The third-order valence-corrected chi connectivity index (χ3v) is 7.89. The lowest BCUT2D eigenvalue weighted by molar-refractivity contribution is 0.0730. The van der Waals surface area contributed by atoms with E-state index in [9.17, 15) is 8.42 Å². The summed E-state index contributed by atoms with van der Waals surface area (Å²) in [7, 11) is -3.63. The average molecular weight is 452 g/mol. The van der Waals surface area contributed by atoms with E-state index in [0.717, 1.165) is 35.0 Å². The molecule has 8 nitrogen and oxygen atoms in total. The highest BCUT2D eigenvalue weighted by molar-refractivity contribution is 7.89. The molecule has 0 aliphatic carbocycles. The van der Waals surface area contributed by atoms with Crippen LogP contribution in [0.4, 0.5) is 0 Å². The molecule has 2 aromatic heterocycles. The first kappa shape index (κ1) is 21.0. The molecule has 0 spiro atoms. The molecule has 0 atom stereocenters. The Hall–Kier alpha value is -2.88. The number of benzene rings is 2. The van der Waals surface area contributed by atoms with Crippen LogP contribution in [0.25, 0.3) is 27.7 Å². The zero-order valence-electron chi connectivity index (χ0n) is 18.2. The van der Waals surface area contributed by atoms with Gasteiger partial charge >= 0.3 is 0 Å². The van der Waals surface area contributed by atoms with Gasteiger partial charge < -0.3 is 4.74 Å². The highest BCUT2D eigenvalue weighted by atomic mass is 32.2. The third-order valence-electron chi connectivity index (χ3n) is 5.85. The second-order valence-corrected chi connectivity index (χ2v) is 9.90. The van der Waals surface area contributed by atoms with Gasteiger partial charge in [-0.15, -0.1) is 10.2 Å². The summed E-state index contributed by atoms with van der Waals surface area (Å²) in [4.78, 5) is 0.306. The predicted octanol–water partition coefficient (Wildman–Crippen LogP) is 3.23. The first-order valence-corrected chi connectivity index (χ1v) is 12.3. The lowest BCUT2D eigenvalue weighted by Gasteiger charge is -2.26. The van der Waals surface area contributed by atoms with Crippen LogP contribution in [0.1, 0.15) is 24.7 Å². The summed E-state index contributed by atoms with van der Waals surface area (Å²) in [5, 5.41) is 15.4. The van der Waals surface area contributed by atoms with Crippen molar-refractivity contribution in [1.82, 2.24) is 24.1 Å². The van der Waals surface area contributed by atoms with Crippen LogP contribution in [-0.2, 0) is 21.2 Å². The van der Waals surface area contributed by atoms with Crippen molar-refractivity contribution in [3.63, 3.8) is 0 Å². The highest BCUT2D eigenvalue weighted by Crippen LogP contribution is 2.32. The predicted molar refractivity (Wildman–Crippen MR) is 122 cm³/mol. The molecule has 0 amide bonds. The van der Waals surface area contributed by atoms with E-state index in [0.29, 0.717) is 48.1 Å². The summed E-state index contributed by atoms with van der Waals surface area (Å²) >= 11 is 0. The van der Waals surface area contributed by atoms with Gasteiger partial charge in [-0.2, -0.15) is 13.9 Å². The number of rotatable bonds is 5. The number of aryl methyl sites for hydroxylation is 2. The monoisotopic (exact) mass is 451 g/mol. The number of nitrogens with zero attached hydrogens (tertiary/aromatic N) is 5. The van der Waals surface area contributed by atoms with E-state index in [-0.39, 0.29) is 0 Å². The van der Waals surface area contributed by atoms with E-state index in [2.05, 4.69) is 17.1 Å². The SMILES string of the molecule is CCCc1nnc2c3ccccc3c(-c3ccc(C)c(S(=O)(=O)N4CCOCC4)c3)nn12. The largest absolute Gasteiger partial charge is 0.379 e. The molecule has 0 unspecified atom stereocenters. The summed E-state index contributed by atoms with van der Waals surface area (Å²) in [6.45, 7) is 5.46. The van der Waals surface area contributed by atoms with Crippen LogP contribution in [0.3, 0.4) is 0 Å². The summed E-state index contributed by atoms with van der Waals surface area (Å²) in [6, 6.07) is 13.4. The van der Waals surface area contributed by atoms with E-state index in [1.54, 1.807) is 10.6 Å². The molecule has 2 aromatic carbocycles. The molecule has 0 radical (unpaired) electrons. The Morgan fingerprint density at radius 2 is 1.78 bits per heavy atom. The molecule has 0 N–H and O–H groups in total. The van der Waals surface area contributed by atoms with Crippen molar-refractivity contribution >= 4 is 26.4 Å². The van der Waals surface area contributed by atoms with Crippen molar-refractivity contribution in [2.24, 2.45) is 0 Å². The van der Waals surface area contributed by atoms with Gasteiger partial charge in [-0.25, -0.2) is 8.42 Å². The summed E-state index contributed by atoms with van der Waals surface area (Å²) in [6.07, 6.45) is 1.69. The fraction of sp³-hybridized carbons (Fsp3) is 0.348. The summed E-state index contributed by atoms with van der Waals surface area (Å²) < 4.78 is 35.4. The Bertz CT molecular complexity index is 1410. The van der Waals surface area contributed by atoms with Crippen LogP contribution < -0.4 is 0 Å². The first-order valence-electron chi connectivity index (χ1n) is 10.8. The fourth-order valence-corrected chi connectivity index (χ4v) is 5.83. The van der Waals surface area contributed by atoms with Crippen LogP contribution in [0.5, 0.6) is 0 Å². The number of fused-ring (bicyclic) bond motifs is 3. The number of sulfonamides is 1. The van der Waals surface area contributed by atoms with Crippen LogP contribution in [-0.4, -0.2) is 58.8 Å². The quantitative estimate of drug-likeness (QED) is 0.463. The van der Waals surface area contributed by atoms with E-state index in [1.807, 2.05) is 43.3 Å². The molecule has 1 aliphatic heterocycles. The second-order valence-electron chi connectivity index (χ2n) is 7.99. The van der Waals surface area contributed by atoms with E-state index < -0.39 is 10.0 Å². The molecule has 5 rings (SSSR count). The van der Waals surface area contributed by atoms with Crippen molar-refractivity contribution in [3.8, 4) is 11.3 Å². The zero-order chi connectivity index (χ0) is 22.3. The molecule has 1 saturated heterocycles. The Morgan fingerprint density at radius 3 is 2.53 bits per heavy atom. The number of ether oxygens (including phenoxy) is 1.